The number of nitrogens with zero attached hydrogens (tertiary/aromatic N) is 3. The Labute approximate surface area is 192 Å². The monoisotopic (exact) mass is 514 g/mol. The summed E-state index contributed by atoms with van der Waals surface area (Å²) in [6.07, 6.45) is 3.82. The summed E-state index contributed by atoms with van der Waals surface area (Å²) < 4.78 is 11.6. The fourth-order valence-electron chi connectivity index (χ4n) is 4.03. The number of para-hydroxylation sites is 1. The number of morpholine rings is 1. The van der Waals surface area contributed by atoms with E-state index in [1.165, 1.54) is 24.8 Å². The fraction of sp³-hybridized carbons (Fsp3) is 0.682. The third kappa shape index (κ3) is 6.46. The van der Waals surface area contributed by atoms with Crippen LogP contribution in [0.1, 0.15) is 31.7 Å². The number of hydrogen-bond donors (Lipinski definition) is 1. The standard InChI is InChI=1S/C22H34N4O2.HI/c1-2-23-22(26-10-9-20(16-26)25-11-13-27-14-12-25)24-15-19-5-3-4-6-21(19)28-17-18-7-8-18;/h3-6,18,20H,2,7-17H2,1H3,(H,23,24);1H. The molecule has 1 saturated carbocycles. The van der Waals surface area contributed by atoms with Crippen molar-refractivity contribution in [2.24, 2.45) is 10.9 Å². The summed E-state index contributed by atoms with van der Waals surface area (Å²) in [4.78, 5) is 9.95. The molecule has 4 rings (SSSR count). The molecule has 7 heteroatoms. The van der Waals surface area contributed by atoms with Gasteiger partial charge in [0.05, 0.1) is 26.4 Å². The predicted molar refractivity (Wildman–Crippen MR) is 127 cm³/mol. The van der Waals surface area contributed by atoms with Crippen LogP contribution < -0.4 is 10.1 Å². The van der Waals surface area contributed by atoms with Crippen LogP contribution in [0.25, 0.3) is 0 Å². The third-order valence-corrected chi connectivity index (χ3v) is 5.90. The Morgan fingerprint density at radius 1 is 1.17 bits per heavy atom. The van der Waals surface area contributed by atoms with Crippen molar-refractivity contribution in [3.63, 3.8) is 0 Å². The van der Waals surface area contributed by atoms with Crippen LogP contribution in [0, 0.1) is 5.92 Å². The maximum absolute atomic E-state index is 6.05. The highest BCUT2D eigenvalue weighted by Gasteiger charge is 2.30. The van der Waals surface area contributed by atoms with E-state index in [-0.39, 0.29) is 24.0 Å². The molecule has 6 nitrogen and oxygen atoms in total. The van der Waals surface area contributed by atoms with Gasteiger partial charge >= 0.3 is 0 Å². The molecule has 1 aromatic carbocycles. The Hall–Kier alpha value is -1.06. The molecule has 3 fully saturated rings. The van der Waals surface area contributed by atoms with Crippen LogP contribution in [0.2, 0.25) is 0 Å². The van der Waals surface area contributed by atoms with Gasteiger partial charge in [-0.2, -0.15) is 0 Å². The van der Waals surface area contributed by atoms with Crippen LogP contribution in [0.15, 0.2) is 29.3 Å². The van der Waals surface area contributed by atoms with Gasteiger partial charge in [-0.05, 0) is 38.2 Å². The molecule has 0 amide bonds. The lowest BCUT2D eigenvalue weighted by Gasteiger charge is -2.32. The molecule has 0 bridgehead atoms. The maximum atomic E-state index is 6.05. The first-order valence-electron chi connectivity index (χ1n) is 10.9. The largest absolute Gasteiger partial charge is 0.493 e. The average Bonchev–Trinajstić information content (AvgIpc) is 3.44. The Balaban J connectivity index is 0.00000240. The van der Waals surface area contributed by atoms with Gasteiger partial charge in [0.15, 0.2) is 5.96 Å². The predicted octanol–water partition coefficient (Wildman–Crippen LogP) is 2.97. The van der Waals surface area contributed by atoms with Gasteiger partial charge in [-0.1, -0.05) is 18.2 Å². The third-order valence-electron chi connectivity index (χ3n) is 5.90. The van der Waals surface area contributed by atoms with Crippen molar-refractivity contribution in [1.82, 2.24) is 15.1 Å². The van der Waals surface area contributed by atoms with Crippen molar-refractivity contribution in [3.8, 4) is 5.75 Å². The molecule has 0 spiro atoms. The minimum atomic E-state index is 0. The highest BCUT2D eigenvalue weighted by atomic mass is 127. The second-order valence-corrected chi connectivity index (χ2v) is 8.07. The number of ether oxygens (including phenoxy) is 2. The van der Waals surface area contributed by atoms with Crippen molar-refractivity contribution in [3.05, 3.63) is 29.8 Å². The van der Waals surface area contributed by atoms with Gasteiger partial charge in [-0.15, -0.1) is 24.0 Å². The number of guanidine groups is 1. The number of hydrogen-bond acceptors (Lipinski definition) is 4. The lowest BCUT2D eigenvalue weighted by molar-refractivity contribution is 0.0195. The fourth-order valence-corrected chi connectivity index (χ4v) is 4.03. The van der Waals surface area contributed by atoms with Crippen molar-refractivity contribution in [2.75, 3.05) is 52.5 Å². The highest BCUT2D eigenvalue weighted by Crippen LogP contribution is 2.30. The first kappa shape index (κ1) is 22.6. The molecular weight excluding hydrogens is 479 g/mol. The van der Waals surface area contributed by atoms with E-state index in [2.05, 4.69) is 40.2 Å². The lowest BCUT2D eigenvalue weighted by atomic mass is 10.2. The van der Waals surface area contributed by atoms with E-state index in [0.717, 1.165) is 70.2 Å². The number of nitrogens with one attached hydrogen (secondary N) is 1. The van der Waals surface area contributed by atoms with E-state index < -0.39 is 0 Å². The summed E-state index contributed by atoms with van der Waals surface area (Å²) in [6, 6.07) is 8.95. The number of benzene rings is 1. The Kier molecular flexibility index (Phi) is 8.86. The summed E-state index contributed by atoms with van der Waals surface area (Å²) >= 11 is 0. The van der Waals surface area contributed by atoms with Crippen LogP contribution in [0.4, 0.5) is 0 Å². The zero-order chi connectivity index (χ0) is 19.2. The van der Waals surface area contributed by atoms with Gasteiger partial charge in [0.1, 0.15) is 5.75 Å². The topological polar surface area (TPSA) is 49.3 Å². The summed E-state index contributed by atoms with van der Waals surface area (Å²) in [5.74, 6) is 2.77. The van der Waals surface area contributed by atoms with Crippen LogP contribution in [0.3, 0.4) is 0 Å². The van der Waals surface area contributed by atoms with Gasteiger partial charge in [0.25, 0.3) is 0 Å². The summed E-state index contributed by atoms with van der Waals surface area (Å²) in [5, 5.41) is 3.49. The second kappa shape index (κ2) is 11.4. The zero-order valence-corrected chi connectivity index (χ0v) is 19.8. The molecule has 29 heavy (non-hydrogen) atoms. The van der Waals surface area contributed by atoms with Gasteiger partial charge in [0.2, 0.25) is 0 Å². The second-order valence-electron chi connectivity index (χ2n) is 8.07. The molecule has 2 saturated heterocycles. The molecule has 1 atom stereocenters. The van der Waals surface area contributed by atoms with Crippen molar-refractivity contribution in [1.29, 1.82) is 0 Å². The van der Waals surface area contributed by atoms with E-state index >= 15 is 0 Å². The number of halogens is 1. The molecule has 1 aromatic rings. The highest BCUT2D eigenvalue weighted by molar-refractivity contribution is 14.0. The Bertz CT molecular complexity index is 662. The van der Waals surface area contributed by atoms with E-state index in [4.69, 9.17) is 14.5 Å². The van der Waals surface area contributed by atoms with Crippen LogP contribution in [0.5, 0.6) is 5.75 Å². The smallest absolute Gasteiger partial charge is 0.194 e. The summed E-state index contributed by atoms with van der Waals surface area (Å²) in [5.41, 5.74) is 1.17. The molecule has 0 radical (unpaired) electrons. The van der Waals surface area contributed by atoms with E-state index in [1.807, 2.05) is 6.07 Å². The SMILES string of the molecule is CCNC(=NCc1ccccc1OCC1CC1)N1CCC(N2CCOCC2)C1.I. The average molecular weight is 514 g/mol. The van der Waals surface area contributed by atoms with Crippen molar-refractivity contribution in [2.45, 2.75) is 38.8 Å². The van der Waals surface area contributed by atoms with E-state index in [1.54, 1.807) is 0 Å². The zero-order valence-electron chi connectivity index (χ0n) is 17.5. The molecular formula is C22H35IN4O2. The van der Waals surface area contributed by atoms with Crippen LogP contribution in [-0.4, -0.2) is 74.3 Å². The van der Waals surface area contributed by atoms with Crippen LogP contribution in [-0.2, 0) is 11.3 Å². The molecule has 162 valence electrons. The number of likely N-dealkylation sites (tertiary alicyclic amines) is 1. The molecule has 1 aliphatic carbocycles. The maximum Gasteiger partial charge on any atom is 0.194 e. The Morgan fingerprint density at radius 3 is 2.72 bits per heavy atom. The quantitative estimate of drug-likeness (QED) is 0.345. The Morgan fingerprint density at radius 2 is 1.97 bits per heavy atom. The summed E-state index contributed by atoms with van der Waals surface area (Å²) in [6.45, 7) is 10.5. The van der Waals surface area contributed by atoms with Gasteiger partial charge in [-0.25, -0.2) is 4.99 Å². The molecule has 3 aliphatic rings. The van der Waals surface area contributed by atoms with Crippen LogP contribution >= 0.6 is 24.0 Å². The van der Waals surface area contributed by atoms with E-state index in [0.29, 0.717) is 12.6 Å². The van der Waals surface area contributed by atoms with Gasteiger partial charge in [0, 0.05) is 44.3 Å². The summed E-state index contributed by atoms with van der Waals surface area (Å²) in [7, 11) is 0. The molecule has 1 N–H and O–H groups in total. The molecule has 2 aliphatic heterocycles. The van der Waals surface area contributed by atoms with Crippen molar-refractivity contribution >= 4 is 29.9 Å². The first-order chi connectivity index (χ1) is 13.8. The van der Waals surface area contributed by atoms with Crippen molar-refractivity contribution < 1.29 is 9.47 Å². The molecule has 0 aromatic heterocycles. The number of rotatable bonds is 7. The number of aliphatic imine (C=N–C) groups is 1. The lowest BCUT2D eigenvalue weighted by Crippen LogP contribution is -2.46. The molecule has 1 unspecified atom stereocenters. The van der Waals surface area contributed by atoms with Gasteiger partial charge in [-0.3, -0.25) is 4.90 Å². The molecule has 2 heterocycles. The first-order valence-corrected chi connectivity index (χ1v) is 10.9. The minimum absolute atomic E-state index is 0. The van der Waals surface area contributed by atoms with Gasteiger partial charge < -0.3 is 19.7 Å². The normalized spacial score (nSPS) is 23.0. The minimum Gasteiger partial charge on any atom is -0.493 e. The van der Waals surface area contributed by atoms with E-state index in [9.17, 15) is 0 Å².